The second kappa shape index (κ2) is 7.02. The largest absolute Gasteiger partial charge is 0.573 e. The molecule has 1 aromatic rings. The third kappa shape index (κ3) is 3.06. The van der Waals surface area contributed by atoms with Crippen molar-refractivity contribution < 1.29 is 32.6 Å². The molecule has 1 aromatic carbocycles. The molecule has 0 aromatic heterocycles. The molecule has 2 aliphatic carbocycles. The van der Waals surface area contributed by atoms with Crippen LogP contribution in [0.15, 0.2) is 24.3 Å². The summed E-state index contributed by atoms with van der Waals surface area (Å²) in [6.45, 7) is 1.36. The van der Waals surface area contributed by atoms with Gasteiger partial charge in [0.2, 0.25) is 0 Å². The minimum atomic E-state index is -4.83. The van der Waals surface area contributed by atoms with E-state index in [2.05, 4.69) is 10.8 Å². The summed E-state index contributed by atoms with van der Waals surface area (Å²) < 4.78 is 41.4. The van der Waals surface area contributed by atoms with Gasteiger partial charge >= 0.3 is 12.3 Å². The van der Waals surface area contributed by atoms with Gasteiger partial charge in [-0.15, -0.1) is 13.2 Å². The van der Waals surface area contributed by atoms with Gasteiger partial charge in [0.25, 0.3) is 0 Å². The molecule has 29 heavy (non-hydrogen) atoms. The van der Waals surface area contributed by atoms with Crippen LogP contribution in [0.1, 0.15) is 25.3 Å². The van der Waals surface area contributed by atoms with Gasteiger partial charge in [-0.25, -0.2) is 0 Å². The van der Waals surface area contributed by atoms with Crippen LogP contribution in [-0.4, -0.2) is 29.8 Å². The first-order valence-corrected chi connectivity index (χ1v) is 9.29. The van der Waals surface area contributed by atoms with E-state index < -0.39 is 47.3 Å². The molecule has 9 heteroatoms. The van der Waals surface area contributed by atoms with Crippen LogP contribution >= 0.6 is 0 Å². The number of Topliss-reactive ketones (excluding diaryl/α,β-unsaturated/α-hetero) is 1. The number of benzene rings is 1. The Morgan fingerprint density at radius 2 is 2.10 bits per heavy atom. The highest BCUT2D eigenvalue weighted by Crippen LogP contribution is 2.79. The molecule has 2 fully saturated rings. The van der Waals surface area contributed by atoms with E-state index in [4.69, 9.17) is 5.73 Å². The van der Waals surface area contributed by atoms with Gasteiger partial charge in [-0.2, -0.15) is 5.26 Å². The number of hydrogen-bond acceptors (Lipinski definition) is 5. The number of aliphatic carboxylic acids is 1. The number of carbonyl (C=O) groups excluding carboxylic acids is 1. The van der Waals surface area contributed by atoms with Gasteiger partial charge in [-0.3, -0.25) is 9.59 Å². The SMILES string of the molecule is CCC12C(CC(Cc3cccc(OC(F)(F)F)c3)C1(C#N)C(=O)CN)C2C(=O)O. The molecule has 0 bridgehead atoms. The van der Waals surface area contributed by atoms with Gasteiger partial charge in [0.1, 0.15) is 11.2 Å². The molecule has 0 amide bonds. The lowest BCUT2D eigenvalue weighted by atomic mass is 9.61. The first kappa shape index (κ1) is 21.1. The van der Waals surface area contributed by atoms with E-state index in [-0.39, 0.29) is 18.1 Å². The zero-order valence-electron chi connectivity index (χ0n) is 15.7. The van der Waals surface area contributed by atoms with Crippen molar-refractivity contribution in [3.8, 4) is 11.8 Å². The number of alkyl halides is 3. The number of carboxylic acids is 1. The average molecular weight is 410 g/mol. The second-order valence-electron chi connectivity index (χ2n) is 7.70. The fourth-order valence-electron chi connectivity index (χ4n) is 5.72. The molecular weight excluding hydrogens is 389 g/mol. The number of halogens is 3. The first-order chi connectivity index (χ1) is 13.6. The molecule has 5 atom stereocenters. The van der Waals surface area contributed by atoms with Crippen LogP contribution in [0, 0.1) is 39.9 Å². The maximum atomic E-state index is 12.9. The molecule has 6 nitrogen and oxygen atoms in total. The summed E-state index contributed by atoms with van der Waals surface area (Å²) in [5.41, 5.74) is 3.49. The summed E-state index contributed by atoms with van der Waals surface area (Å²) in [5.74, 6) is -3.61. The molecule has 2 aliphatic rings. The highest BCUT2D eigenvalue weighted by molar-refractivity contribution is 5.94. The van der Waals surface area contributed by atoms with Crippen LogP contribution in [-0.2, 0) is 16.0 Å². The molecule has 0 aliphatic heterocycles. The van der Waals surface area contributed by atoms with Gasteiger partial charge < -0.3 is 15.6 Å². The van der Waals surface area contributed by atoms with Crippen LogP contribution in [0.3, 0.4) is 0 Å². The summed E-state index contributed by atoms with van der Waals surface area (Å²) in [6.07, 6.45) is -4.02. The molecule has 3 N–H and O–H groups in total. The van der Waals surface area contributed by atoms with Crippen molar-refractivity contribution in [2.45, 2.75) is 32.5 Å². The van der Waals surface area contributed by atoms with E-state index in [1.807, 2.05) is 0 Å². The van der Waals surface area contributed by atoms with Crippen LogP contribution in [0.25, 0.3) is 0 Å². The van der Waals surface area contributed by atoms with E-state index in [1.54, 1.807) is 13.0 Å². The molecule has 5 unspecified atom stereocenters. The summed E-state index contributed by atoms with van der Waals surface area (Å²) >= 11 is 0. The van der Waals surface area contributed by atoms with Crippen molar-refractivity contribution in [1.82, 2.24) is 0 Å². The molecule has 3 rings (SSSR count). The van der Waals surface area contributed by atoms with Crippen molar-refractivity contribution >= 4 is 11.8 Å². The van der Waals surface area contributed by atoms with Crippen LogP contribution in [0.2, 0.25) is 0 Å². The Balaban J connectivity index is 1.97. The second-order valence-corrected chi connectivity index (χ2v) is 7.70. The predicted octanol–water partition coefficient (Wildman–Crippen LogP) is 2.91. The quantitative estimate of drug-likeness (QED) is 0.715. The smallest absolute Gasteiger partial charge is 0.481 e. The van der Waals surface area contributed by atoms with E-state index >= 15 is 0 Å². The highest BCUT2D eigenvalue weighted by atomic mass is 19.4. The minimum absolute atomic E-state index is 0.152. The minimum Gasteiger partial charge on any atom is -0.481 e. The van der Waals surface area contributed by atoms with Crippen LogP contribution in [0.5, 0.6) is 5.75 Å². The summed E-state index contributed by atoms with van der Waals surface area (Å²) in [6, 6.07) is 7.50. The number of nitriles is 1. The fraction of sp³-hybridized carbons (Fsp3) is 0.550. The molecule has 0 heterocycles. The Hall–Kier alpha value is -2.60. The summed E-state index contributed by atoms with van der Waals surface area (Å²) in [4.78, 5) is 24.6. The Morgan fingerprint density at radius 3 is 2.62 bits per heavy atom. The van der Waals surface area contributed by atoms with Crippen LogP contribution in [0.4, 0.5) is 13.2 Å². The van der Waals surface area contributed by atoms with Crippen molar-refractivity contribution in [2.24, 2.45) is 34.3 Å². The Bertz CT molecular complexity index is 881. The molecular formula is C20H21F3N2O4. The Kier molecular flexibility index (Phi) is 5.11. The topological polar surface area (TPSA) is 113 Å². The Morgan fingerprint density at radius 1 is 1.41 bits per heavy atom. The zero-order valence-corrected chi connectivity index (χ0v) is 15.7. The lowest BCUT2D eigenvalue weighted by Crippen LogP contribution is -2.48. The number of ketones is 1. The zero-order chi connectivity index (χ0) is 21.6. The van der Waals surface area contributed by atoms with E-state index in [9.17, 15) is 33.1 Å². The number of nitrogens with two attached hydrogens (primary N) is 1. The number of fused-ring (bicyclic) bond motifs is 1. The fourth-order valence-corrected chi connectivity index (χ4v) is 5.72. The number of rotatable bonds is 7. The van der Waals surface area contributed by atoms with E-state index in [0.717, 1.165) is 0 Å². The average Bonchev–Trinajstić information content (AvgIpc) is 3.21. The maximum absolute atomic E-state index is 12.9. The first-order valence-electron chi connectivity index (χ1n) is 9.29. The molecule has 2 saturated carbocycles. The van der Waals surface area contributed by atoms with Gasteiger partial charge in [-0.05, 0) is 48.8 Å². The Labute approximate surface area is 165 Å². The highest BCUT2D eigenvalue weighted by Gasteiger charge is 2.83. The lowest BCUT2D eigenvalue weighted by molar-refractivity contribution is -0.274. The van der Waals surface area contributed by atoms with Gasteiger partial charge in [0, 0.05) is 5.41 Å². The third-order valence-corrected chi connectivity index (χ3v) is 6.66. The molecule has 0 radical (unpaired) electrons. The van der Waals surface area contributed by atoms with E-state index in [1.165, 1.54) is 18.2 Å². The van der Waals surface area contributed by atoms with Crippen LogP contribution < -0.4 is 10.5 Å². The number of carboxylic acid groups (broad SMARTS) is 1. The monoisotopic (exact) mass is 410 g/mol. The third-order valence-electron chi connectivity index (χ3n) is 6.66. The molecule has 0 saturated heterocycles. The van der Waals surface area contributed by atoms with E-state index in [0.29, 0.717) is 18.4 Å². The van der Waals surface area contributed by atoms with Crippen molar-refractivity contribution in [1.29, 1.82) is 5.26 Å². The summed E-state index contributed by atoms with van der Waals surface area (Å²) in [5, 5.41) is 19.7. The molecule has 0 spiro atoms. The number of hydrogen-bond donors (Lipinski definition) is 2. The standard InChI is InChI=1S/C20H21F3N2O4/c1-2-18-14(16(18)17(27)28)8-12(19(18,10-25)15(26)9-24)6-11-4-3-5-13(7-11)29-20(21,22)23/h3-5,7,12,14,16H,2,6,8-9,24H2,1H3,(H,27,28). The van der Waals surface area contributed by atoms with Gasteiger partial charge in [-0.1, -0.05) is 19.1 Å². The number of carbonyl (C=O) groups is 2. The van der Waals surface area contributed by atoms with Crippen molar-refractivity contribution in [3.05, 3.63) is 29.8 Å². The lowest BCUT2D eigenvalue weighted by Gasteiger charge is -2.37. The number of nitrogens with zero attached hydrogens (tertiary/aromatic N) is 1. The van der Waals surface area contributed by atoms with Crippen molar-refractivity contribution in [3.63, 3.8) is 0 Å². The normalized spacial score (nSPS) is 32.9. The summed E-state index contributed by atoms with van der Waals surface area (Å²) in [7, 11) is 0. The number of ether oxygens (including phenoxy) is 1. The van der Waals surface area contributed by atoms with Gasteiger partial charge in [0.15, 0.2) is 5.78 Å². The van der Waals surface area contributed by atoms with Crippen molar-refractivity contribution in [2.75, 3.05) is 6.54 Å². The molecule has 156 valence electrons. The predicted molar refractivity (Wildman–Crippen MR) is 94.4 cm³/mol. The maximum Gasteiger partial charge on any atom is 0.573 e. The van der Waals surface area contributed by atoms with Gasteiger partial charge in [0.05, 0.1) is 18.5 Å².